The minimum absolute atomic E-state index is 0.149. The predicted molar refractivity (Wildman–Crippen MR) is 127 cm³/mol. The van der Waals surface area contributed by atoms with Gasteiger partial charge in [-0.05, 0) is 47.5 Å². The van der Waals surface area contributed by atoms with Crippen LogP contribution in [0.15, 0.2) is 77.3 Å². The fraction of sp³-hybridized carbons (Fsp3) is 0.200. The predicted octanol–water partition coefficient (Wildman–Crippen LogP) is 4.47. The standard InChI is InChI=1S/C25H25BrN2O4/c1-31-23-15-19(7-12-22(23)32-17-18-5-3-2-4-6-18)16-28-24(29)13-14-27-25(30)20-8-10-21(26)11-9-20/h2-12,15H,13-14,16-17H2,1H3,(H,27,30)(H,28,29). The zero-order valence-corrected chi connectivity index (χ0v) is 19.4. The van der Waals surface area contributed by atoms with Crippen molar-refractivity contribution in [1.82, 2.24) is 10.6 Å². The molecule has 0 saturated heterocycles. The molecular formula is C25H25BrN2O4. The van der Waals surface area contributed by atoms with Crippen molar-refractivity contribution in [1.29, 1.82) is 0 Å². The van der Waals surface area contributed by atoms with Gasteiger partial charge in [0.05, 0.1) is 7.11 Å². The number of rotatable bonds is 10. The van der Waals surface area contributed by atoms with Crippen LogP contribution in [0.4, 0.5) is 0 Å². The number of nitrogens with one attached hydrogen (secondary N) is 2. The van der Waals surface area contributed by atoms with Crippen LogP contribution < -0.4 is 20.1 Å². The Morgan fingerprint density at radius 2 is 1.62 bits per heavy atom. The fourth-order valence-corrected chi connectivity index (χ4v) is 3.22. The first kappa shape index (κ1) is 23.3. The number of methoxy groups -OCH3 is 1. The lowest BCUT2D eigenvalue weighted by atomic mass is 10.2. The summed E-state index contributed by atoms with van der Waals surface area (Å²) in [5.74, 6) is 0.891. The molecule has 0 heterocycles. The van der Waals surface area contributed by atoms with Crippen molar-refractivity contribution in [2.75, 3.05) is 13.7 Å². The summed E-state index contributed by atoms with van der Waals surface area (Å²) in [6, 6.07) is 22.5. The molecule has 32 heavy (non-hydrogen) atoms. The summed E-state index contributed by atoms with van der Waals surface area (Å²) in [5, 5.41) is 5.60. The molecule has 0 fully saturated rings. The Morgan fingerprint density at radius 1 is 0.875 bits per heavy atom. The van der Waals surface area contributed by atoms with E-state index in [1.54, 1.807) is 31.4 Å². The van der Waals surface area contributed by atoms with Crippen LogP contribution in [0.3, 0.4) is 0 Å². The molecule has 0 bridgehead atoms. The van der Waals surface area contributed by atoms with Crippen molar-refractivity contribution < 1.29 is 19.1 Å². The molecule has 0 aromatic heterocycles. The Morgan fingerprint density at radius 3 is 2.34 bits per heavy atom. The van der Waals surface area contributed by atoms with Crippen molar-refractivity contribution in [2.45, 2.75) is 19.6 Å². The van der Waals surface area contributed by atoms with Gasteiger partial charge in [0.1, 0.15) is 6.61 Å². The molecule has 0 aliphatic carbocycles. The molecular weight excluding hydrogens is 472 g/mol. The van der Waals surface area contributed by atoms with Crippen molar-refractivity contribution in [3.05, 3.63) is 94.0 Å². The number of ether oxygens (including phenoxy) is 2. The molecule has 0 radical (unpaired) electrons. The van der Waals surface area contributed by atoms with Crippen LogP contribution in [0, 0.1) is 0 Å². The summed E-state index contributed by atoms with van der Waals surface area (Å²) in [7, 11) is 1.58. The largest absolute Gasteiger partial charge is 0.493 e. The lowest BCUT2D eigenvalue weighted by Gasteiger charge is -2.13. The number of carbonyl (C=O) groups is 2. The van der Waals surface area contributed by atoms with Crippen molar-refractivity contribution >= 4 is 27.7 Å². The summed E-state index contributed by atoms with van der Waals surface area (Å²) in [5.41, 5.74) is 2.51. The smallest absolute Gasteiger partial charge is 0.251 e. The van der Waals surface area contributed by atoms with Crippen LogP contribution in [-0.4, -0.2) is 25.5 Å². The molecule has 3 rings (SSSR count). The summed E-state index contributed by atoms with van der Waals surface area (Å²) in [6.07, 6.45) is 0.192. The maximum atomic E-state index is 12.1. The molecule has 3 aromatic carbocycles. The number of hydrogen-bond acceptors (Lipinski definition) is 4. The van der Waals surface area contributed by atoms with E-state index in [0.717, 1.165) is 15.6 Å². The Kier molecular flexibility index (Phi) is 8.69. The first-order valence-electron chi connectivity index (χ1n) is 10.2. The van der Waals surface area contributed by atoms with Gasteiger partial charge in [0.25, 0.3) is 5.91 Å². The van der Waals surface area contributed by atoms with Crippen LogP contribution in [0.2, 0.25) is 0 Å². The van der Waals surface area contributed by atoms with Gasteiger partial charge in [-0.25, -0.2) is 0 Å². The molecule has 2 amide bonds. The van der Waals surface area contributed by atoms with Crippen molar-refractivity contribution in [3.63, 3.8) is 0 Å². The first-order chi connectivity index (χ1) is 15.5. The molecule has 0 atom stereocenters. The molecule has 0 saturated carbocycles. The number of amides is 2. The Balaban J connectivity index is 1.43. The van der Waals surface area contributed by atoms with Crippen molar-refractivity contribution in [3.8, 4) is 11.5 Å². The minimum atomic E-state index is -0.207. The zero-order chi connectivity index (χ0) is 22.8. The summed E-state index contributed by atoms with van der Waals surface area (Å²) in [4.78, 5) is 24.2. The summed E-state index contributed by atoms with van der Waals surface area (Å²) in [6.45, 7) is 1.06. The average molecular weight is 497 g/mol. The second-order valence-electron chi connectivity index (χ2n) is 7.05. The van der Waals surface area contributed by atoms with Crippen molar-refractivity contribution in [2.24, 2.45) is 0 Å². The maximum absolute atomic E-state index is 12.1. The van der Waals surface area contributed by atoms with E-state index >= 15 is 0 Å². The molecule has 3 aromatic rings. The normalized spacial score (nSPS) is 10.3. The van der Waals surface area contributed by atoms with E-state index in [1.807, 2.05) is 48.5 Å². The molecule has 0 aliphatic heterocycles. The fourth-order valence-electron chi connectivity index (χ4n) is 2.96. The van der Waals surface area contributed by atoms with Gasteiger partial charge in [-0.2, -0.15) is 0 Å². The highest BCUT2D eigenvalue weighted by Crippen LogP contribution is 2.28. The Hall–Kier alpha value is -3.32. The average Bonchev–Trinajstić information content (AvgIpc) is 2.82. The van der Waals surface area contributed by atoms with Gasteiger partial charge in [0.15, 0.2) is 11.5 Å². The number of hydrogen-bond donors (Lipinski definition) is 2. The molecule has 0 aliphatic rings. The summed E-state index contributed by atoms with van der Waals surface area (Å²) < 4.78 is 12.2. The highest BCUT2D eigenvalue weighted by atomic mass is 79.9. The van der Waals surface area contributed by atoms with E-state index in [1.165, 1.54) is 0 Å². The van der Waals surface area contributed by atoms with Crippen LogP contribution >= 0.6 is 15.9 Å². The zero-order valence-electron chi connectivity index (χ0n) is 17.8. The third kappa shape index (κ3) is 7.13. The third-order valence-electron chi connectivity index (χ3n) is 4.70. The lowest BCUT2D eigenvalue weighted by molar-refractivity contribution is -0.121. The second kappa shape index (κ2) is 11.9. The first-order valence-corrected chi connectivity index (χ1v) is 11.0. The minimum Gasteiger partial charge on any atom is -0.493 e. The van der Waals surface area contributed by atoms with E-state index in [0.29, 0.717) is 30.2 Å². The van der Waals surface area contributed by atoms with E-state index < -0.39 is 0 Å². The van der Waals surface area contributed by atoms with Gasteiger partial charge >= 0.3 is 0 Å². The quantitative estimate of drug-likeness (QED) is 0.434. The van der Waals surface area contributed by atoms with Gasteiger partial charge < -0.3 is 20.1 Å². The molecule has 0 spiro atoms. The molecule has 7 heteroatoms. The highest BCUT2D eigenvalue weighted by Gasteiger charge is 2.09. The number of carbonyl (C=O) groups excluding carboxylic acids is 2. The van der Waals surface area contributed by atoms with Crippen LogP contribution in [-0.2, 0) is 17.9 Å². The second-order valence-corrected chi connectivity index (χ2v) is 7.96. The SMILES string of the molecule is COc1cc(CNC(=O)CCNC(=O)c2ccc(Br)cc2)ccc1OCc1ccccc1. The topological polar surface area (TPSA) is 76.7 Å². The lowest BCUT2D eigenvalue weighted by Crippen LogP contribution is -2.30. The van der Waals surface area contributed by atoms with E-state index in [2.05, 4.69) is 26.6 Å². The third-order valence-corrected chi connectivity index (χ3v) is 5.23. The molecule has 166 valence electrons. The monoisotopic (exact) mass is 496 g/mol. The summed E-state index contributed by atoms with van der Waals surface area (Å²) >= 11 is 3.33. The number of halogens is 1. The maximum Gasteiger partial charge on any atom is 0.251 e. The van der Waals surface area contributed by atoms with E-state index in [4.69, 9.17) is 9.47 Å². The van der Waals surface area contributed by atoms with Crippen LogP contribution in [0.5, 0.6) is 11.5 Å². The van der Waals surface area contributed by atoms with Gasteiger partial charge in [-0.1, -0.05) is 52.3 Å². The van der Waals surface area contributed by atoms with E-state index in [9.17, 15) is 9.59 Å². The van der Waals surface area contributed by atoms with Crippen LogP contribution in [0.25, 0.3) is 0 Å². The highest BCUT2D eigenvalue weighted by molar-refractivity contribution is 9.10. The molecule has 0 unspecified atom stereocenters. The Labute approximate surface area is 196 Å². The Bertz CT molecular complexity index is 1040. The molecule has 6 nitrogen and oxygen atoms in total. The molecule has 2 N–H and O–H groups in total. The van der Waals surface area contributed by atoms with Gasteiger partial charge in [0, 0.05) is 29.5 Å². The van der Waals surface area contributed by atoms with E-state index in [-0.39, 0.29) is 24.8 Å². The number of benzene rings is 3. The van der Waals surface area contributed by atoms with Gasteiger partial charge in [0.2, 0.25) is 5.91 Å². The van der Waals surface area contributed by atoms with Gasteiger partial charge in [-0.15, -0.1) is 0 Å². The van der Waals surface area contributed by atoms with Crippen LogP contribution in [0.1, 0.15) is 27.9 Å². The van der Waals surface area contributed by atoms with Gasteiger partial charge in [-0.3, -0.25) is 9.59 Å².